The predicted octanol–water partition coefficient (Wildman–Crippen LogP) is 3.14. The molecule has 2 N–H and O–H groups in total. The highest BCUT2D eigenvalue weighted by molar-refractivity contribution is 5.50. The number of hydrogen-bond acceptors (Lipinski definition) is 5. The van der Waals surface area contributed by atoms with Gasteiger partial charge in [0.2, 0.25) is 5.95 Å². The normalized spacial score (nSPS) is 10.1. The van der Waals surface area contributed by atoms with Crippen LogP contribution in [0.5, 0.6) is 0 Å². The van der Waals surface area contributed by atoms with E-state index in [2.05, 4.69) is 34.2 Å². The molecule has 0 atom stereocenters. The molecule has 5 heteroatoms. The van der Waals surface area contributed by atoms with Gasteiger partial charge in [0, 0.05) is 13.1 Å². The summed E-state index contributed by atoms with van der Waals surface area (Å²) in [7, 11) is 0. The Morgan fingerprint density at radius 2 is 1.46 bits per heavy atom. The fourth-order valence-corrected chi connectivity index (χ4v) is 2.43. The number of rotatable bonds is 5. The molecule has 118 valence electrons. The minimum absolute atomic E-state index is 0.202. The summed E-state index contributed by atoms with van der Waals surface area (Å²) in [5, 5.41) is 8.99. The molecule has 0 aliphatic heterocycles. The number of nitrogens with zero attached hydrogens (tertiary/aromatic N) is 4. The first-order chi connectivity index (χ1) is 11.8. The quantitative estimate of drug-likeness (QED) is 0.782. The van der Waals surface area contributed by atoms with Crippen LogP contribution in [0.1, 0.15) is 16.7 Å². The molecule has 0 radical (unpaired) electrons. The molecule has 0 saturated carbocycles. The van der Waals surface area contributed by atoms with Crippen molar-refractivity contribution in [2.45, 2.75) is 13.1 Å². The van der Waals surface area contributed by atoms with Crippen LogP contribution in [0.4, 0.5) is 11.8 Å². The summed E-state index contributed by atoms with van der Waals surface area (Å²) < 4.78 is 0. The second kappa shape index (κ2) is 7.25. The molecule has 0 unspecified atom stereocenters. The largest absolute Gasteiger partial charge is 0.382 e. The molecule has 24 heavy (non-hydrogen) atoms. The SMILES string of the molecule is N#Cc1cnc(N(Cc2ccccc2)Cc2ccccc2)nc1N. The fraction of sp³-hybridized carbons (Fsp3) is 0.105. The number of hydrogen-bond donors (Lipinski definition) is 1. The molecule has 5 nitrogen and oxygen atoms in total. The lowest BCUT2D eigenvalue weighted by Gasteiger charge is -2.23. The van der Waals surface area contributed by atoms with E-state index in [0.717, 1.165) is 11.1 Å². The molecule has 0 spiro atoms. The van der Waals surface area contributed by atoms with Gasteiger partial charge >= 0.3 is 0 Å². The van der Waals surface area contributed by atoms with Crippen molar-refractivity contribution < 1.29 is 0 Å². The van der Waals surface area contributed by atoms with Crippen LogP contribution in [0.3, 0.4) is 0 Å². The minimum Gasteiger partial charge on any atom is -0.382 e. The van der Waals surface area contributed by atoms with E-state index in [1.807, 2.05) is 47.4 Å². The third-order valence-electron chi connectivity index (χ3n) is 3.64. The maximum absolute atomic E-state index is 8.99. The fourth-order valence-electron chi connectivity index (χ4n) is 2.43. The van der Waals surface area contributed by atoms with Gasteiger partial charge < -0.3 is 10.6 Å². The van der Waals surface area contributed by atoms with Gasteiger partial charge in [-0.2, -0.15) is 10.2 Å². The zero-order valence-electron chi connectivity index (χ0n) is 13.1. The second-order valence-electron chi connectivity index (χ2n) is 5.41. The van der Waals surface area contributed by atoms with Crippen LogP contribution in [0.2, 0.25) is 0 Å². The highest BCUT2D eigenvalue weighted by Crippen LogP contribution is 2.18. The third kappa shape index (κ3) is 3.68. The number of anilines is 2. The average molecular weight is 315 g/mol. The molecule has 0 fully saturated rings. The van der Waals surface area contributed by atoms with Crippen LogP contribution in [0.25, 0.3) is 0 Å². The van der Waals surface area contributed by atoms with Crippen LogP contribution in [0.15, 0.2) is 66.9 Å². The van der Waals surface area contributed by atoms with Crippen molar-refractivity contribution in [3.63, 3.8) is 0 Å². The van der Waals surface area contributed by atoms with Crippen molar-refractivity contribution in [2.24, 2.45) is 0 Å². The zero-order valence-corrected chi connectivity index (χ0v) is 13.1. The van der Waals surface area contributed by atoms with Crippen LogP contribution < -0.4 is 10.6 Å². The highest BCUT2D eigenvalue weighted by atomic mass is 15.3. The highest BCUT2D eigenvalue weighted by Gasteiger charge is 2.13. The van der Waals surface area contributed by atoms with E-state index in [4.69, 9.17) is 11.0 Å². The van der Waals surface area contributed by atoms with Crippen molar-refractivity contribution >= 4 is 11.8 Å². The smallest absolute Gasteiger partial charge is 0.227 e. The lowest BCUT2D eigenvalue weighted by atomic mass is 10.2. The Labute approximate surface area is 141 Å². The summed E-state index contributed by atoms with van der Waals surface area (Å²) in [5.74, 6) is 0.716. The Hall–Kier alpha value is -3.39. The lowest BCUT2D eigenvalue weighted by Crippen LogP contribution is -2.24. The first-order valence-corrected chi connectivity index (χ1v) is 7.61. The van der Waals surface area contributed by atoms with Crippen molar-refractivity contribution in [1.82, 2.24) is 9.97 Å². The molecular weight excluding hydrogens is 298 g/mol. The summed E-state index contributed by atoms with van der Waals surface area (Å²) in [4.78, 5) is 10.7. The number of benzene rings is 2. The maximum atomic E-state index is 8.99. The predicted molar refractivity (Wildman–Crippen MR) is 93.9 cm³/mol. The van der Waals surface area contributed by atoms with Crippen molar-refractivity contribution in [3.05, 3.63) is 83.6 Å². The van der Waals surface area contributed by atoms with Crippen molar-refractivity contribution in [1.29, 1.82) is 5.26 Å². The summed E-state index contributed by atoms with van der Waals surface area (Å²) >= 11 is 0. The molecule has 0 aliphatic carbocycles. The molecule has 3 aromatic rings. The Morgan fingerprint density at radius 3 is 1.92 bits per heavy atom. The molecule has 1 heterocycles. The van der Waals surface area contributed by atoms with Crippen LogP contribution in [-0.4, -0.2) is 9.97 Å². The molecule has 0 amide bonds. The molecule has 1 aromatic heterocycles. The van der Waals surface area contributed by atoms with Crippen LogP contribution >= 0.6 is 0 Å². The molecule has 2 aromatic carbocycles. The zero-order chi connectivity index (χ0) is 16.8. The second-order valence-corrected chi connectivity index (χ2v) is 5.41. The summed E-state index contributed by atoms with van der Waals surface area (Å²) in [6.45, 7) is 1.31. The van der Waals surface area contributed by atoms with Gasteiger partial charge in [0.25, 0.3) is 0 Å². The number of nitriles is 1. The number of nitrogens with two attached hydrogens (primary N) is 1. The van der Waals surface area contributed by atoms with E-state index >= 15 is 0 Å². The molecule has 0 aliphatic rings. The van der Waals surface area contributed by atoms with E-state index in [9.17, 15) is 0 Å². The van der Waals surface area contributed by atoms with Gasteiger partial charge in [-0.25, -0.2) is 4.98 Å². The monoisotopic (exact) mass is 315 g/mol. The molecule has 0 saturated heterocycles. The molecular formula is C19H17N5. The standard InChI is InChI=1S/C19H17N5/c20-11-17-12-22-19(23-18(17)21)24(13-15-7-3-1-4-8-15)14-16-9-5-2-6-10-16/h1-10,12H,13-14H2,(H2,21,22,23). The average Bonchev–Trinajstić information content (AvgIpc) is 2.63. The first kappa shape index (κ1) is 15.5. The Kier molecular flexibility index (Phi) is 4.68. The molecule has 0 bridgehead atoms. The maximum Gasteiger partial charge on any atom is 0.227 e. The minimum atomic E-state index is 0.202. The van der Waals surface area contributed by atoms with Gasteiger partial charge in [0.15, 0.2) is 0 Å². The van der Waals surface area contributed by atoms with Gasteiger partial charge in [-0.1, -0.05) is 60.7 Å². The van der Waals surface area contributed by atoms with E-state index in [1.54, 1.807) is 0 Å². The molecule has 3 rings (SSSR count). The van der Waals surface area contributed by atoms with E-state index in [1.165, 1.54) is 6.20 Å². The van der Waals surface area contributed by atoms with Gasteiger partial charge in [0.05, 0.1) is 6.20 Å². The van der Waals surface area contributed by atoms with Gasteiger partial charge in [-0.3, -0.25) is 0 Å². The Morgan fingerprint density at radius 1 is 0.917 bits per heavy atom. The summed E-state index contributed by atoms with van der Waals surface area (Å²) in [5.41, 5.74) is 8.45. The summed E-state index contributed by atoms with van der Waals surface area (Å²) in [6, 6.07) is 22.2. The van der Waals surface area contributed by atoms with Crippen molar-refractivity contribution in [2.75, 3.05) is 10.6 Å². The lowest BCUT2D eigenvalue weighted by molar-refractivity contribution is 0.764. The summed E-state index contributed by atoms with van der Waals surface area (Å²) in [6.07, 6.45) is 1.47. The Bertz CT molecular complexity index is 799. The van der Waals surface area contributed by atoms with E-state index < -0.39 is 0 Å². The van der Waals surface area contributed by atoms with Gasteiger partial charge in [0.1, 0.15) is 17.5 Å². The Balaban J connectivity index is 1.92. The van der Waals surface area contributed by atoms with Gasteiger partial charge in [-0.15, -0.1) is 0 Å². The number of nitrogen functional groups attached to an aromatic ring is 1. The van der Waals surface area contributed by atoms with E-state index in [-0.39, 0.29) is 11.4 Å². The number of aromatic nitrogens is 2. The van der Waals surface area contributed by atoms with Crippen LogP contribution in [0, 0.1) is 11.3 Å². The van der Waals surface area contributed by atoms with Gasteiger partial charge in [-0.05, 0) is 11.1 Å². The topological polar surface area (TPSA) is 78.8 Å². The van der Waals surface area contributed by atoms with Crippen LogP contribution in [-0.2, 0) is 13.1 Å². The van der Waals surface area contributed by atoms with Crippen molar-refractivity contribution in [3.8, 4) is 6.07 Å². The first-order valence-electron chi connectivity index (χ1n) is 7.61. The van der Waals surface area contributed by atoms with E-state index in [0.29, 0.717) is 19.0 Å². The third-order valence-corrected chi connectivity index (χ3v) is 3.64.